The van der Waals surface area contributed by atoms with E-state index in [0.29, 0.717) is 0 Å². The van der Waals surface area contributed by atoms with Crippen molar-refractivity contribution in [3.8, 4) is 11.4 Å². The Kier molecular flexibility index (Phi) is 3.52. The number of nitrogens with zero attached hydrogens (tertiary/aromatic N) is 2. The molecule has 1 N–H and O–H groups in total. The van der Waals surface area contributed by atoms with E-state index in [0.717, 1.165) is 32.0 Å². The number of aromatic nitrogens is 2. The smallest absolute Gasteiger partial charge is 0.140 e. The fourth-order valence-electron chi connectivity index (χ4n) is 3.51. The summed E-state index contributed by atoms with van der Waals surface area (Å²) in [6.07, 6.45) is 6.72. The molecule has 3 nitrogen and oxygen atoms in total. The molecule has 2 aliphatic rings. The number of fused-ring (bicyclic) bond motifs is 1. The van der Waals surface area contributed by atoms with Gasteiger partial charge in [-0.05, 0) is 12.3 Å². The van der Waals surface area contributed by atoms with Crippen molar-refractivity contribution in [2.45, 2.75) is 45.2 Å². The molecular formula is C18H23N3. The number of imidazole rings is 1. The predicted molar refractivity (Wildman–Crippen MR) is 85.0 cm³/mol. The van der Waals surface area contributed by atoms with Crippen molar-refractivity contribution in [1.82, 2.24) is 14.9 Å². The van der Waals surface area contributed by atoms with Crippen molar-refractivity contribution in [2.24, 2.45) is 5.92 Å². The molecule has 21 heavy (non-hydrogen) atoms. The molecule has 2 heterocycles. The second-order valence-electron chi connectivity index (χ2n) is 6.36. The number of nitrogens with one attached hydrogen (secondary N) is 1. The summed E-state index contributed by atoms with van der Waals surface area (Å²) in [7, 11) is 0. The van der Waals surface area contributed by atoms with Gasteiger partial charge >= 0.3 is 0 Å². The van der Waals surface area contributed by atoms with Crippen LogP contribution in [0.4, 0.5) is 0 Å². The molecule has 1 fully saturated rings. The minimum absolute atomic E-state index is 0.922. The summed E-state index contributed by atoms with van der Waals surface area (Å²) in [6, 6.07) is 10.7. The van der Waals surface area contributed by atoms with Crippen LogP contribution in [-0.2, 0) is 19.5 Å². The van der Waals surface area contributed by atoms with Gasteiger partial charge in [0.25, 0.3) is 0 Å². The number of rotatable bonds is 4. The average Bonchev–Trinajstić information content (AvgIpc) is 2.86. The molecule has 110 valence electrons. The minimum atomic E-state index is 0.922. The van der Waals surface area contributed by atoms with Crippen molar-refractivity contribution in [2.75, 3.05) is 6.54 Å². The van der Waals surface area contributed by atoms with E-state index >= 15 is 0 Å². The highest BCUT2D eigenvalue weighted by molar-refractivity contribution is 5.57. The van der Waals surface area contributed by atoms with E-state index in [2.05, 4.69) is 40.2 Å². The Bertz CT molecular complexity index is 611. The summed E-state index contributed by atoms with van der Waals surface area (Å²) >= 11 is 0. The van der Waals surface area contributed by atoms with Gasteiger partial charge < -0.3 is 9.88 Å². The molecule has 1 saturated carbocycles. The van der Waals surface area contributed by atoms with Crippen molar-refractivity contribution < 1.29 is 0 Å². The minimum Gasteiger partial charge on any atom is -0.328 e. The zero-order chi connectivity index (χ0) is 14.1. The van der Waals surface area contributed by atoms with Crippen LogP contribution >= 0.6 is 0 Å². The van der Waals surface area contributed by atoms with Crippen LogP contribution in [0.1, 0.15) is 37.1 Å². The molecule has 3 heteroatoms. The monoisotopic (exact) mass is 281 g/mol. The first-order chi connectivity index (χ1) is 10.4. The van der Waals surface area contributed by atoms with Crippen LogP contribution in [0.15, 0.2) is 30.3 Å². The third kappa shape index (κ3) is 2.51. The first-order valence-corrected chi connectivity index (χ1v) is 8.26. The number of hydrogen-bond acceptors (Lipinski definition) is 2. The van der Waals surface area contributed by atoms with Crippen molar-refractivity contribution >= 4 is 0 Å². The zero-order valence-electron chi connectivity index (χ0n) is 12.5. The quantitative estimate of drug-likeness (QED) is 0.931. The van der Waals surface area contributed by atoms with Crippen LogP contribution in [-0.4, -0.2) is 16.1 Å². The molecule has 0 atom stereocenters. The standard InChI is InChI=1S/C18H23N3/c1-2-7-15(8-3-1)18-20-16-13-19-11-9-17(16)21(18)12-10-14-5-4-6-14/h1-3,7-8,14,19H,4-6,9-13H2. The lowest BCUT2D eigenvalue weighted by Crippen LogP contribution is -2.25. The topological polar surface area (TPSA) is 29.9 Å². The Labute approximate surface area is 126 Å². The Hall–Kier alpha value is -1.61. The Morgan fingerprint density at radius 3 is 2.81 bits per heavy atom. The fraction of sp³-hybridized carbons (Fsp3) is 0.500. The summed E-state index contributed by atoms with van der Waals surface area (Å²) in [5.74, 6) is 2.12. The van der Waals surface area contributed by atoms with Gasteiger partial charge in [0.15, 0.2) is 0 Å². The van der Waals surface area contributed by atoms with Crippen LogP contribution in [0.3, 0.4) is 0 Å². The summed E-state index contributed by atoms with van der Waals surface area (Å²) in [6.45, 7) is 3.14. The van der Waals surface area contributed by atoms with E-state index in [1.165, 1.54) is 48.5 Å². The van der Waals surface area contributed by atoms with Gasteiger partial charge in [0, 0.05) is 37.3 Å². The molecule has 0 radical (unpaired) electrons. The largest absolute Gasteiger partial charge is 0.328 e. The van der Waals surface area contributed by atoms with E-state index in [9.17, 15) is 0 Å². The molecular weight excluding hydrogens is 258 g/mol. The zero-order valence-corrected chi connectivity index (χ0v) is 12.5. The summed E-state index contributed by atoms with van der Waals surface area (Å²) in [4.78, 5) is 4.94. The van der Waals surface area contributed by atoms with Gasteiger partial charge in [-0.25, -0.2) is 4.98 Å². The van der Waals surface area contributed by atoms with Crippen LogP contribution < -0.4 is 5.32 Å². The van der Waals surface area contributed by atoms with Gasteiger partial charge in [-0.15, -0.1) is 0 Å². The van der Waals surface area contributed by atoms with Crippen LogP contribution in [0.5, 0.6) is 0 Å². The maximum Gasteiger partial charge on any atom is 0.140 e. The lowest BCUT2D eigenvalue weighted by Gasteiger charge is -2.26. The van der Waals surface area contributed by atoms with Crippen LogP contribution in [0.25, 0.3) is 11.4 Å². The summed E-state index contributed by atoms with van der Waals surface area (Å²) in [5, 5.41) is 3.44. The average molecular weight is 281 g/mol. The first-order valence-electron chi connectivity index (χ1n) is 8.26. The lowest BCUT2D eigenvalue weighted by atomic mass is 9.83. The van der Waals surface area contributed by atoms with E-state index in [1.807, 2.05) is 0 Å². The molecule has 0 amide bonds. The van der Waals surface area contributed by atoms with Crippen molar-refractivity contribution in [1.29, 1.82) is 0 Å². The molecule has 1 aromatic carbocycles. The molecule has 0 unspecified atom stereocenters. The van der Waals surface area contributed by atoms with Crippen LogP contribution in [0, 0.1) is 5.92 Å². The molecule has 1 aromatic heterocycles. The van der Waals surface area contributed by atoms with Gasteiger partial charge in [-0.1, -0.05) is 49.6 Å². The van der Waals surface area contributed by atoms with E-state index < -0.39 is 0 Å². The van der Waals surface area contributed by atoms with E-state index in [4.69, 9.17) is 4.98 Å². The maximum atomic E-state index is 4.94. The molecule has 0 bridgehead atoms. The first kappa shape index (κ1) is 13.1. The molecule has 2 aromatic rings. The van der Waals surface area contributed by atoms with E-state index in [1.54, 1.807) is 0 Å². The highest BCUT2D eigenvalue weighted by atomic mass is 15.1. The highest BCUT2D eigenvalue weighted by Gasteiger charge is 2.22. The normalized spacial score (nSPS) is 18.3. The maximum absolute atomic E-state index is 4.94. The second kappa shape index (κ2) is 5.64. The SMILES string of the molecule is c1ccc(-c2nc3c(n2CCC2CCC2)CCNC3)cc1. The molecule has 1 aliphatic heterocycles. The van der Waals surface area contributed by atoms with Gasteiger partial charge in [0.05, 0.1) is 5.69 Å². The Morgan fingerprint density at radius 1 is 1.19 bits per heavy atom. The summed E-state index contributed by atoms with van der Waals surface area (Å²) in [5.41, 5.74) is 3.97. The molecule has 0 spiro atoms. The second-order valence-corrected chi connectivity index (χ2v) is 6.36. The summed E-state index contributed by atoms with van der Waals surface area (Å²) < 4.78 is 2.50. The fourth-order valence-corrected chi connectivity index (χ4v) is 3.51. The van der Waals surface area contributed by atoms with Gasteiger partial charge in [-0.3, -0.25) is 0 Å². The van der Waals surface area contributed by atoms with Gasteiger partial charge in [-0.2, -0.15) is 0 Å². The molecule has 4 rings (SSSR count). The molecule has 0 saturated heterocycles. The van der Waals surface area contributed by atoms with Gasteiger partial charge in [0.1, 0.15) is 5.82 Å². The third-order valence-electron chi connectivity index (χ3n) is 5.00. The Balaban J connectivity index is 1.68. The van der Waals surface area contributed by atoms with Gasteiger partial charge in [0.2, 0.25) is 0 Å². The van der Waals surface area contributed by atoms with Crippen LogP contribution in [0.2, 0.25) is 0 Å². The van der Waals surface area contributed by atoms with Crippen molar-refractivity contribution in [3.63, 3.8) is 0 Å². The van der Waals surface area contributed by atoms with E-state index in [-0.39, 0.29) is 0 Å². The number of benzene rings is 1. The Morgan fingerprint density at radius 2 is 2.05 bits per heavy atom. The number of hydrogen-bond donors (Lipinski definition) is 1. The predicted octanol–water partition coefficient (Wildman–Crippen LogP) is 3.39. The van der Waals surface area contributed by atoms with Crippen molar-refractivity contribution in [3.05, 3.63) is 41.7 Å². The lowest BCUT2D eigenvalue weighted by molar-refractivity contribution is 0.281. The third-order valence-corrected chi connectivity index (χ3v) is 5.00. The highest BCUT2D eigenvalue weighted by Crippen LogP contribution is 2.32. The molecule has 1 aliphatic carbocycles.